The van der Waals surface area contributed by atoms with E-state index in [-0.39, 0.29) is 5.91 Å². The van der Waals surface area contributed by atoms with Crippen LogP contribution in [0.5, 0.6) is 0 Å². The number of carbonyl (C=O) groups excluding carboxylic acids is 1. The SMILES string of the molecule is O=C(CCN1CCN(c2cccc3sccc23)CC1)N1c2ccccc2CCc2ccccc21. The fraction of sp³-hybridized carbons (Fsp3) is 0.276. The molecule has 3 aromatic carbocycles. The zero-order chi connectivity index (χ0) is 22.9. The molecule has 1 amide bonds. The number of piperazine rings is 1. The molecular weight excluding hydrogens is 438 g/mol. The lowest BCUT2D eigenvalue weighted by molar-refractivity contribution is -0.118. The monoisotopic (exact) mass is 467 g/mol. The van der Waals surface area contributed by atoms with Gasteiger partial charge in [0.15, 0.2) is 0 Å². The van der Waals surface area contributed by atoms with E-state index in [1.165, 1.54) is 26.9 Å². The van der Waals surface area contributed by atoms with E-state index in [1.54, 1.807) is 11.3 Å². The van der Waals surface area contributed by atoms with E-state index < -0.39 is 0 Å². The summed E-state index contributed by atoms with van der Waals surface area (Å²) in [5.41, 5.74) is 5.94. The summed E-state index contributed by atoms with van der Waals surface area (Å²) >= 11 is 1.80. The normalized spacial score (nSPS) is 16.2. The summed E-state index contributed by atoms with van der Waals surface area (Å²) in [6.07, 6.45) is 2.47. The van der Waals surface area contributed by atoms with Crippen LogP contribution in [0.15, 0.2) is 78.2 Å². The number of anilines is 3. The zero-order valence-corrected chi connectivity index (χ0v) is 20.1. The van der Waals surface area contributed by atoms with Crippen LogP contribution in [-0.2, 0) is 17.6 Å². The summed E-state index contributed by atoms with van der Waals surface area (Å²) in [5, 5.41) is 3.53. The first-order valence-electron chi connectivity index (χ1n) is 12.2. The lowest BCUT2D eigenvalue weighted by atomic mass is 10.0. The molecule has 3 heterocycles. The second-order valence-corrected chi connectivity index (χ2v) is 10.1. The van der Waals surface area contributed by atoms with Gasteiger partial charge in [0.05, 0.1) is 11.4 Å². The average Bonchev–Trinajstić information content (AvgIpc) is 3.30. The quantitative estimate of drug-likeness (QED) is 0.375. The van der Waals surface area contributed by atoms with Gasteiger partial charge in [0.1, 0.15) is 0 Å². The number of thiophene rings is 1. The molecule has 1 fully saturated rings. The third kappa shape index (κ3) is 3.99. The first kappa shape index (κ1) is 21.4. The highest BCUT2D eigenvalue weighted by Crippen LogP contribution is 2.36. The summed E-state index contributed by atoms with van der Waals surface area (Å²) in [5.74, 6) is 0.187. The molecule has 0 aliphatic carbocycles. The lowest BCUT2D eigenvalue weighted by Gasteiger charge is -2.36. The van der Waals surface area contributed by atoms with Crippen LogP contribution in [0.3, 0.4) is 0 Å². The van der Waals surface area contributed by atoms with Gasteiger partial charge in [0.25, 0.3) is 0 Å². The molecule has 34 heavy (non-hydrogen) atoms. The molecule has 4 aromatic rings. The standard InChI is InChI=1S/C29H29N3OS/c33-29(32-25-8-3-1-6-22(25)12-13-23-7-2-4-9-26(23)32)14-16-30-17-19-31(20-18-30)27-10-5-11-28-24(27)15-21-34-28/h1-11,15,21H,12-14,16-20H2. The number of fused-ring (bicyclic) bond motifs is 3. The van der Waals surface area contributed by atoms with E-state index in [4.69, 9.17) is 0 Å². The Hall–Kier alpha value is -3.15. The highest BCUT2D eigenvalue weighted by atomic mass is 32.1. The number of para-hydroxylation sites is 2. The van der Waals surface area contributed by atoms with Gasteiger partial charge in [-0.05, 0) is 59.7 Å². The molecule has 0 saturated carbocycles. The second kappa shape index (κ2) is 9.24. The number of hydrogen-bond donors (Lipinski definition) is 0. The lowest BCUT2D eigenvalue weighted by Crippen LogP contribution is -2.47. The Bertz CT molecular complexity index is 1270. The van der Waals surface area contributed by atoms with Crippen molar-refractivity contribution in [3.63, 3.8) is 0 Å². The van der Waals surface area contributed by atoms with E-state index in [9.17, 15) is 4.79 Å². The summed E-state index contributed by atoms with van der Waals surface area (Å²) in [6, 6.07) is 25.6. The second-order valence-electron chi connectivity index (χ2n) is 9.17. The van der Waals surface area contributed by atoms with Crippen LogP contribution in [0.2, 0.25) is 0 Å². The molecule has 0 radical (unpaired) electrons. The molecule has 4 nitrogen and oxygen atoms in total. The van der Waals surface area contributed by atoms with Crippen molar-refractivity contribution in [2.45, 2.75) is 19.3 Å². The number of benzene rings is 3. The Morgan fingerprint density at radius 3 is 2.09 bits per heavy atom. The molecule has 6 rings (SSSR count). The van der Waals surface area contributed by atoms with Crippen molar-refractivity contribution in [1.82, 2.24) is 4.90 Å². The molecule has 0 unspecified atom stereocenters. The average molecular weight is 468 g/mol. The maximum Gasteiger partial charge on any atom is 0.232 e. The van der Waals surface area contributed by atoms with Crippen molar-refractivity contribution in [1.29, 1.82) is 0 Å². The first-order chi connectivity index (χ1) is 16.8. The fourth-order valence-electron chi connectivity index (χ4n) is 5.38. The smallest absolute Gasteiger partial charge is 0.232 e. The zero-order valence-electron chi connectivity index (χ0n) is 19.3. The number of nitrogens with zero attached hydrogens (tertiary/aromatic N) is 3. The largest absolute Gasteiger partial charge is 0.368 e. The molecule has 1 saturated heterocycles. The van der Waals surface area contributed by atoms with Gasteiger partial charge in [-0.3, -0.25) is 14.6 Å². The summed E-state index contributed by atoms with van der Waals surface area (Å²) in [6.45, 7) is 4.77. The third-order valence-corrected chi connectivity index (χ3v) is 8.09. The minimum atomic E-state index is 0.187. The highest BCUT2D eigenvalue weighted by molar-refractivity contribution is 7.17. The Morgan fingerprint density at radius 2 is 1.38 bits per heavy atom. The molecule has 172 valence electrons. The topological polar surface area (TPSA) is 26.8 Å². The molecule has 2 aliphatic rings. The van der Waals surface area contributed by atoms with E-state index in [0.717, 1.165) is 56.9 Å². The van der Waals surface area contributed by atoms with Crippen molar-refractivity contribution in [2.75, 3.05) is 42.5 Å². The minimum absolute atomic E-state index is 0.187. The highest BCUT2D eigenvalue weighted by Gasteiger charge is 2.26. The predicted octanol–water partition coefficient (Wildman–Crippen LogP) is 5.88. The number of carbonyl (C=O) groups is 1. The van der Waals surface area contributed by atoms with Gasteiger partial charge in [-0.2, -0.15) is 0 Å². The maximum absolute atomic E-state index is 13.6. The number of rotatable bonds is 4. The van der Waals surface area contributed by atoms with E-state index in [2.05, 4.69) is 75.8 Å². The van der Waals surface area contributed by atoms with Gasteiger partial charge >= 0.3 is 0 Å². The van der Waals surface area contributed by atoms with Gasteiger partial charge in [0.2, 0.25) is 5.91 Å². The van der Waals surface area contributed by atoms with Crippen LogP contribution >= 0.6 is 11.3 Å². The Labute approximate surface area is 205 Å². The van der Waals surface area contributed by atoms with Gasteiger partial charge in [-0.1, -0.05) is 42.5 Å². The van der Waals surface area contributed by atoms with Crippen LogP contribution < -0.4 is 9.80 Å². The van der Waals surface area contributed by atoms with Gasteiger partial charge < -0.3 is 4.90 Å². The van der Waals surface area contributed by atoms with Crippen LogP contribution in [0.25, 0.3) is 10.1 Å². The van der Waals surface area contributed by atoms with Crippen molar-refractivity contribution >= 4 is 44.4 Å². The molecule has 0 spiro atoms. The fourth-order valence-corrected chi connectivity index (χ4v) is 6.19. The molecule has 0 N–H and O–H groups in total. The number of aryl methyl sites for hydroxylation is 2. The van der Waals surface area contributed by atoms with Crippen LogP contribution in [0.4, 0.5) is 17.1 Å². The van der Waals surface area contributed by atoms with Gasteiger partial charge in [-0.25, -0.2) is 0 Å². The Balaban J connectivity index is 1.14. The molecular formula is C29H29N3OS. The van der Waals surface area contributed by atoms with Crippen molar-refractivity contribution in [3.8, 4) is 0 Å². The van der Waals surface area contributed by atoms with Gasteiger partial charge in [-0.15, -0.1) is 11.3 Å². The van der Waals surface area contributed by atoms with Crippen LogP contribution in [0.1, 0.15) is 17.5 Å². The van der Waals surface area contributed by atoms with E-state index in [0.29, 0.717) is 6.42 Å². The minimum Gasteiger partial charge on any atom is -0.368 e. The predicted molar refractivity (Wildman–Crippen MR) is 143 cm³/mol. The molecule has 1 aromatic heterocycles. The third-order valence-electron chi connectivity index (χ3n) is 7.21. The van der Waals surface area contributed by atoms with Crippen molar-refractivity contribution < 1.29 is 4.79 Å². The molecule has 0 bridgehead atoms. The summed E-state index contributed by atoms with van der Waals surface area (Å²) in [4.78, 5) is 20.5. The molecule has 0 atom stereocenters. The van der Waals surface area contributed by atoms with E-state index >= 15 is 0 Å². The van der Waals surface area contributed by atoms with E-state index in [1.807, 2.05) is 17.0 Å². The summed E-state index contributed by atoms with van der Waals surface area (Å²) < 4.78 is 1.35. The number of hydrogen-bond acceptors (Lipinski definition) is 4. The van der Waals surface area contributed by atoms with Crippen LogP contribution in [-0.4, -0.2) is 43.5 Å². The Morgan fingerprint density at radius 1 is 0.735 bits per heavy atom. The van der Waals surface area contributed by atoms with Crippen LogP contribution in [0, 0.1) is 0 Å². The molecule has 2 aliphatic heterocycles. The van der Waals surface area contributed by atoms with Gasteiger partial charge in [0, 0.05) is 54.9 Å². The summed E-state index contributed by atoms with van der Waals surface area (Å²) in [7, 11) is 0. The van der Waals surface area contributed by atoms with Crippen molar-refractivity contribution in [3.05, 3.63) is 89.3 Å². The maximum atomic E-state index is 13.6. The van der Waals surface area contributed by atoms with Crippen molar-refractivity contribution in [2.24, 2.45) is 0 Å². The Kier molecular flexibility index (Phi) is 5.81. The first-order valence-corrected chi connectivity index (χ1v) is 13.1. The number of amides is 1. The molecule has 5 heteroatoms.